The lowest BCUT2D eigenvalue weighted by Gasteiger charge is -2.28. The zero-order valence-electron chi connectivity index (χ0n) is 11.1. The van der Waals surface area contributed by atoms with Crippen molar-refractivity contribution in [2.45, 2.75) is 45.2 Å². The van der Waals surface area contributed by atoms with Crippen LogP contribution in [0.2, 0.25) is 0 Å². The topological polar surface area (TPSA) is 107 Å². The number of urea groups is 1. The summed E-state index contributed by atoms with van der Waals surface area (Å²) in [6, 6.07) is -1.80. The first kappa shape index (κ1) is 15.3. The molecule has 108 valence electrons. The standard InChI is InChI=1S/C12H20N2O5/c1-7(2)9-4-3-5-14(9)12(19)13-8(11(17)18)6-10(15)16/h7-9H,3-6H2,1-2H3,(H,13,19)(H,15,16)(H,17,18)/t8-,9?/m0/s1. The average molecular weight is 272 g/mol. The van der Waals surface area contributed by atoms with Crippen LogP contribution in [-0.4, -0.2) is 51.7 Å². The summed E-state index contributed by atoms with van der Waals surface area (Å²) >= 11 is 0. The van der Waals surface area contributed by atoms with E-state index in [4.69, 9.17) is 10.2 Å². The summed E-state index contributed by atoms with van der Waals surface area (Å²) in [6.45, 7) is 4.58. The highest BCUT2D eigenvalue weighted by Crippen LogP contribution is 2.23. The van der Waals surface area contributed by atoms with Crippen molar-refractivity contribution in [1.82, 2.24) is 10.2 Å². The van der Waals surface area contributed by atoms with E-state index in [-0.39, 0.29) is 12.0 Å². The third-order valence-corrected chi connectivity index (χ3v) is 3.30. The van der Waals surface area contributed by atoms with Gasteiger partial charge in [-0.05, 0) is 18.8 Å². The van der Waals surface area contributed by atoms with Crippen LogP contribution in [0.1, 0.15) is 33.1 Å². The Morgan fingerprint density at radius 2 is 1.95 bits per heavy atom. The van der Waals surface area contributed by atoms with Gasteiger partial charge in [0.1, 0.15) is 6.04 Å². The zero-order chi connectivity index (χ0) is 14.6. The summed E-state index contributed by atoms with van der Waals surface area (Å²) < 4.78 is 0. The third kappa shape index (κ3) is 4.11. The predicted molar refractivity (Wildman–Crippen MR) is 66.8 cm³/mol. The lowest BCUT2D eigenvalue weighted by atomic mass is 10.0. The number of carbonyl (C=O) groups is 3. The molecule has 0 saturated carbocycles. The quantitative estimate of drug-likeness (QED) is 0.684. The third-order valence-electron chi connectivity index (χ3n) is 3.30. The number of carboxylic acids is 2. The van der Waals surface area contributed by atoms with Crippen molar-refractivity contribution in [2.24, 2.45) is 5.92 Å². The summed E-state index contributed by atoms with van der Waals surface area (Å²) in [5.41, 5.74) is 0. The van der Waals surface area contributed by atoms with Gasteiger partial charge in [0.05, 0.1) is 6.42 Å². The lowest BCUT2D eigenvalue weighted by Crippen LogP contribution is -2.51. The molecule has 3 N–H and O–H groups in total. The number of carbonyl (C=O) groups excluding carboxylic acids is 1. The van der Waals surface area contributed by atoms with Crippen molar-refractivity contribution in [3.8, 4) is 0 Å². The second kappa shape index (κ2) is 6.40. The zero-order valence-corrected chi connectivity index (χ0v) is 11.1. The molecule has 0 bridgehead atoms. The molecule has 7 heteroatoms. The molecular weight excluding hydrogens is 252 g/mol. The molecular formula is C12H20N2O5. The van der Waals surface area contributed by atoms with Gasteiger partial charge in [-0.15, -0.1) is 0 Å². The van der Waals surface area contributed by atoms with Gasteiger partial charge in [0, 0.05) is 12.6 Å². The Bertz CT molecular complexity index is 369. The molecule has 1 heterocycles. The fourth-order valence-electron chi connectivity index (χ4n) is 2.34. The van der Waals surface area contributed by atoms with Crippen LogP contribution < -0.4 is 5.32 Å². The minimum atomic E-state index is -1.39. The maximum absolute atomic E-state index is 12.0. The van der Waals surface area contributed by atoms with Crippen molar-refractivity contribution in [3.05, 3.63) is 0 Å². The minimum absolute atomic E-state index is 0.0827. The highest BCUT2D eigenvalue weighted by atomic mass is 16.4. The largest absolute Gasteiger partial charge is 0.481 e. The number of hydrogen-bond acceptors (Lipinski definition) is 3. The van der Waals surface area contributed by atoms with Crippen LogP contribution in [0.5, 0.6) is 0 Å². The number of rotatable bonds is 5. The molecule has 0 radical (unpaired) electrons. The van der Waals surface area contributed by atoms with E-state index in [9.17, 15) is 14.4 Å². The molecule has 2 amide bonds. The Balaban J connectivity index is 2.66. The van der Waals surface area contributed by atoms with Gasteiger partial charge in [0.25, 0.3) is 0 Å². The smallest absolute Gasteiger partial charge is 0.326 e. The van der Waals surface area contributed by atoms with Gasteiger partial charge in [-0.3, -0.25) is 4.79 Å². The Morgan fingerprint density at radius 1 is 1.32 bits per heavy atom. The Labute approximate surface area is 111 Å². The Hall–Kier alpha value is -1.79. The average Bonchev–Trinajstić information content (AvgIpc) is 2.76. The first-order valence-corrected chi connectivity index (χ1v) is 6.34. The van der Waals surface area contributed by atoms with Crippen molar-refractivity contribution < 1.29 is 24.6 Å². The maximum Gasteiger partial charge on any atom is 0.326 e. The first-order valence-electron chi connectivity index (χ1n) is 6.34. The van der Waals surface area contributed by atoms with Crippen LogP contribution >= 0.6 is 0 Å². The number of carboxylic acid groups (broad SMARTS) is 2. The molecule has 0 aliphatic carbocycles. The summed E-state index contributed by atoms with van der Waals surface area (Å²) in [4.78, 5) is 35.1. The van der Waals surface area contributed by atoms with Crippen molar-refractivity contribution in [3.63, 3.8) is 0 Å². The van der Waals surface area contributed by atoms with Crippen molar-refractivity contribution in [1.29, 1.82) is 0 Å². The van der Waals surface area contributed by atoms with E-state index >= 15 is 0 Å². The van der Waals surface area contributed by atoms with Crippen LogP contribution in [-0.2, 0) is 9.59 Å². The summed E-state index contributed by atoms with van der Waals surface area (Å²) in [6.07, 6.45) is 1.15. The summed E-state index contributed by atoms with van der Waals surface area (Å²) in [5.74, 6) is -2.30. The molecule has 0 aromatic rings. The van der Waals surface area contributed by atoms with Gasteiger partial charge in [0.2, 0.25) is 0 Å². The molecule has 1 rings (SSSR count). The molecule has 7 nitrogen and oxygen atoms in total. The number of hydrogen-bond donors (Lipinski definition) is 3. The van der Waals surface area contributed by atoms with Gasteiger partial charge in [-0.25, -0.2) is 9.59 Å². The van der Waals surface area contributed by atoms with Crippen molar-refractivity contribution >= 4 is 18.0 Å². The molecule has 0 aromatic heterocycles. The van der Waals surface area contributed by atoms with E-state index < -0.39 is 30.4 Å². The molecule has 19 heavy (non-hydrogen) atoms. The second-order valence-corrected chi connectivity index (χ2v) is 5.09. The maximum atomic E-state index is 12.0. The number of amides is 2. The van der Waals surface area contributed by atoms with Crippen molar-refractivity contribution in [2.75, 3.05) is 6.54 Å². The van der Waals surface area contributed by atoms with Gasteiger partial charge in [-0.2, -0.15) is 0 Å². The highest BCUT2D eigenvalue weighted by Gasteiger charge is 2.33. The molecule has 0 spiro atoms. The summed E-state index contributed by atoms with van der Waals surface area (Å²) in [5, 5.41) is 19.8. The fraction of sp³-hybridized carbons (Fsp3) is 0.750. The molecule has 1 aliphatic heterocycles. The van der Waals surface area contributed by atoms with E-state index in [1.165, 1.54) is 0 Å². The molecule has 1 unspecified atom stereocenters. The van der Waals surface area contributed by atoms with E-state index in [0.29, 0.717) is 6.54 Å². The van der Waals surface area contributed by atoms with E-state index in [1.54, 1.807) is 4.90 Å². The van der Waals surface area contributed by atoms with E-state index in [0.717, 1.165) is 12.8 Å². The van der Waals surface area contributed by atoms with E-state index in [2.05, 4.69) is 5.32 Å². The van der Waals surface area contributed by atoms with Crippen LogP contribution in [0.25, 0.3) is 0 Å². The van der Waals surface area contributed by atoms with Crippen LogP contribution in [0.4, 0.5) is 4.79 Å². The number of aliphatic carboxylic acids is 2. The van der Waals surface area contributed by atoms with Gasteiger partial charge in [0.15, 0.2) is 0 Å². The normalized spacial score (nSPS) is 20.4. The lowest BCUT2D eigenvalue weighted by molar-refractivity contribution is -0.145. The Kier molecular flexibility index (Phi) is 5.14. The van der Waals surface area contributed by atoms with Gasteiger partial charge >= 0.3 is 18.0 Å². The van der Waals surface area contributed by atoms with Crippen LogP contribution in [0.15, 0.2) is 0 Å². The van der Waals surface area contributed by atoms with E-state index in [1.807, 2.05) is 13.8 Å². The van der Waals surface area contributed by atoms with Gasteiger partial charge < -0.3 is 20.4 Å². The second-order valence-electron chi connectivity index (χ2n) is 5.09. The highest BCUT2D eigenvalue weighted by molar-refractivity contribution is 5.86. The summed E-state index contributed by atoms with van der Waals surface area (Å²) in [7, 11) is 0. The van der Waals surface area contributed by atoms with Crippen LogP contribution in [0.3, 0.4) is 0 Å². The number of likely N-dealkylation sites (tertiary alicyclic amines) is 1. The SMILES string of the molecule is CC(C)C1CCCN1C(=O)N[C@@H](CC(=O)O)C(=O)O. The molecule has 2 atom stereocenters. The number of nitrogens with zero attached hydrogens (tertiary/aromatic N) is 1. The molecule has 1 aliphatic rings. The monoisotopic (exact) mass is 272 g/mol. The Morgan fingerprint density at radius 3 is 2.42 bits per heavy atom. The number of nitrogens with one attached hydrogen (secondary N) is 1. The first-order chi connectivity index (χ1) is 8.82. The fourth-order valence-corrected chi connectivity index (χ4v) is 2.34. The molecule has 1 fully saturated rings. The predicted octanol–water partition coefficient (Wildman–Crippen LogP) is 0.744. The molecule has 1 saturated heterocycles. The molecule has 0 aromatic carbocycles. The van der Waals surface area contributed by atoms with Crippen LogP contribution in [0, 0.1) is 5.92 Å². The minimum Gasteiger partial charge on any atom is -0.481 e. The van der Waals surface area contributed by atoms with Gasteiger partial charge in [-0.1, -0.05) is 13.8 Å².